The first-order valence-electron chi connectivity index (χ1n) is 8.87. The molecule has 1 aliphatic rings. The zero-order valence-electron chi connectivity index (χ0n) is 15.6. The molecule has 0 atom stereocenters. The fourth-order valence-corrected chi connectivity index (χ4v) is 4.13. The second-order valence-electron chi connectivity index (χ2n) is 6.29. The smallest absolute Gasteiger partial charge is 0.341 e. The molecule has 0 saturated carbocycles. The van der Waals surface area contributed by atoms with Crippen LogP contribution in [0.1, 0.15) is 10.4 Å². The van der Waals surface area contributed by atoms with Gasteiger partial charge in [-0.15, -0.1) is 0 Å². The topological polar surface area (TPSA) is 102 Å². The third-order valence-electron chi connectivity index (χ3n) is 4.23. The van der Waals surface area contributed by atoms with Gasteiger partial charge in [0, 0.05) is 18.8 Å². The van der Waals surface area contributed by atoms with E-state index in [4.69, 9.17) is 9.47 Å². The minimum Gasteiger partial charge on any atom is -0.452 e. The van der Waals surface area contributed by atoms with Crippen molar-refractivity contribution >= 4 is 27.6 Å². The molecule has 1 amide bonds. The molecule has 1 fully saturated rings. The summed E-state index contributed by atoms with van der Waals surface area (Å²) in [6.45, 7) is 0.0131. The van der Waals surface area contributed by atoms with Crippen molar-refractivity contribution in [2.24, 2.45) is 0 Å². The largest absolute Gasteiger partial charge is 0.452 e. The first-order chi connectivity index (χ1) is 14.3. The van der Waals surface area contributed by atoms with Crippen LogP contribution in [0.5, 0.6) is 0 Å². The Morgan fingerprint density at radius 3 is 2.40 bits per heavy atom. The lowest BCUT2D eigenvalue weighted by molar-refractivity contribution is -0.119. The number of morpholine rings is 1. The number of anilines is 1. The summed E-state index contributed by atoms with van der Waals surface area (Å²) < 4.78 is 63.4. The number of amides is 1. The number of nitrogens with zero attached hydrogens (tertiary/aromatic N) is 1. The average Bonchev–Trinajstić information content (AvgIpc) is 2.74. The Kier molecular flexibility index (Phi) is 6.75. The standard InChI is InChI=1S/C19H18F2N2O6S/c20-13-1-3-14(4-2-13)22-18(24)12-29-19(25)16-11-15(5-6-17(16)21)30(26,27)23-7-9-28-10-8-23/h1-6,11H,7-10,12H2,(H,22,24). The van der Waals surface area contributed by atoms with Crippen LogP contribution in [0.4, 0.5) is 14.5 Å². The van der Waals surface area contributed by atoms with Crippen molar-refractivity contribution in [2.45, 2.75) is 4.90 Å². The predicted octanol–water partition coefficient (Wildman–Crippen LogP) is 1.78. The number of carbonyl (C=O) groups excluding carboxylic acids is 2. The van der Waals surface area contributed by atoms with E-state index in [-0.39, 0.29) is 36.9 Å². The number of rotatable bonds is 6. The molecule has 2 aromatic rings. The van der Waals surface area contributed by atoms with E-state index in [2.05, 4.69) is 5.32 Å². The van der Waals surface area contributed by atoms with Gasteiger partial charge in [0.1, 0.15) is 11.6 Å². The van der Waals surface area contributed by atoms with Crippen LogP contribution in [0.25, 0.3) is 0 Å². The fraction of sp³-hybridized carbons (Fsp3) is 0.263. The summed E-state index contributed by atoms with van der Waals surface area (Å²) in [5.41, 5.74) is -0.332. The first-order valence-corrected chi connectivity index (χ1v) is 10.3. The number of hydrogen-bond acceptors (Lipinski definition) is 6. The van der Waals surface area contributed by atoms with Gasteiger partial charge in [-0.3, -0.25) is 4.79 Å². The van der Waals surface area contributed by atoms with Crippen LogP contribution in [0.3, 0.4) is 0 Å². The molecular weight excluding hydrogens is 422 g/mol. The maximum atomic E-state index is 14.1. The van der Waals surface area contributed by atoms with E-state index >= 15 is 0 Å². The SMILES string of the molecule is O=C(COC(=O)c1cc(S(=O)(=O)N2CCOCC2)ccc1F)Nc1ccc(F)cc1. The number of hydrogen-bond donors (Lipinski definition) is 1. The minimum absolute atomic E-state index is 0.142. The molecule has 1 aliphatic heterocycles. The average molecular weight is 440 g/mol. The van der Waals surface area contributed by atoms with Crippen molar-refractivity contribution in [2.75, 3.05) is 38.2 Å². The van der Waals surface area contributed by atoms with Crippen LogP contribution in [0, 0.1) is 11.6 Å². The molecule has 160 valence electrons. The molecule has 3 rings (SSSR count). The number of ether oxygens (including phenoxy) is 2. The second-order valence-corrected chi connectivity index (χ2v) is 8.23. The highest BCUT2D eigenvalue weighted by Crippen LogP contribution is 2.21. The van der Waals surface area contributed by atoms with Gasteiger partial charge in [0.15, 0.2) is 6.61 Å². The van der Waals surface area contributed by atoms with Crippen LogP contribution < -0.4 is 5.32 Å². The number of sulfonamides is 1. The number of esters is 1. The third-order valence-corrected chi connectivity index (χ3v) is 6.12. The molecule has 0 aliphatic carbocycles. The van der Waals surface area contributed by atoms with Crippen LogP contribution in [-0.4, -0.2) is 57.5 Å². The van der Waals surface area contributed by atoms with Gasteiger partial charge in [-0.05, 0) is 42.5 Å². The first kappa shape index (κ1) is 21.8. The maximum Gasteiger partial charge on any atom is 0.341 e. The highest BCUT2D eigenvalue weighted by molar-refractivity contribution is 7.89. The summed E-state index contributed by atoms with van der Waals surface area (Å²) in [7, 11) is -3.94. The molecule has 0 aromatic heterocycles. The van der Waals surface area contributed by atoms with E-state index in [9.17, 15) is 26.8 Å². The summed E-state index contributed by atoms with van der Waals surface area (Å²) in [5.74, 6) is -3.39. The number of carbonyl (C=O) groups is 2. The molecule has 11 heteroatoms. The van der Waals surface area contributed by atoms with Gasteiger partial charge < -0.3 is 14.8 Å². The van der Waals surface area contributed by atoms with Crippen LogP contribution in [0.15, 0.2) is 47.4 Å². The van der Waals surface area contributed by atoms with E-state index in [1.165, 1.54) is 16.4 Å². The molecule has 0 unspecified atom stereocenters. The molecule has 1 saturated heterocycles. The van der Waals surface area contributed by atoms with Crippen LogP contribution >= 0.6 is 0 Å². The lowest BCUT2D eigenvalue weighted by Gasteiger charge is -2.26. The summed E-state index contributed by atoms with van der Waals surface area (Å²) >= 11 is 0. The third kappa shape index (κ3) is 5.17. The van der Waals surface area contributed by atoms with Crippen molar-refractivity contribution < 1.29 is 36.3 Å². The molecule has 0 bridgehead atoms. The maximum absolute atomic E-state index is 14.1. The van der Waals surface area contributed by atoms with Gasteiger partial charge in [0.05, 0.1) is 23.7 Å². The quantitative estimate of drug-likeness (QED) is 0.687. The summed E-state index contributed by atoms with van der Waals surface area (Å²) in [5, 5.41) is 2.38. The molecule has 8 nitrogen and oxygen atoms in total. The Balaban J connectivity index is 1.67. The van der Waals surface area contributed by atoms with Gasteiger partial charge in [-0.2, -0.15) is 4.31 Å². The molecular formula is C19H18F2N2O6S. The summed E-state index contributed by atoms with van der Waals surface area (Å²) in [4.78, 5) is 23.8. The molecule has 0 spiro atoms. The van der Waals surface area contributed by atoms with Crippen LogP contribution in [-0.2, 0) is 24.3 Å². The normalized spacial score (nSPS) is 14.9. The highest BCUT2D eigenvalue weighted by atomic mass is 32.2. The number of benzene rings is 2. The Labute approximate surface area is 171 Å². The van der Waals surface area contributed by atoms with Crippen molar-refractivity contribution in [3.05, 3.63) is 59.7 Å². The minimum atomic E-state index is -3.94. The second kappa shape index (κ2) is 9.28. The Bertz CT molecular complexity index is 1040. The van der Waals surface area contributed by atoms with Crippen molar-refractivity contribution in [3.8, 4) is 0 Å². The van der Waals surface area contributed by atoms with E-state index in [1.807, 2.05) is 0 Å². The number of halogens is 2. The fourth-order valence-electron chi connectivity index (χ4n) is 2.70. The van der Waals surface area contributed by atoms with Gasteiger partial charge >= 0.3 is 5.97 Å². The molecule has 0 radical (unpaired) electrons. The van der Waals surface area contributed by atoms with E-state index in [0.717, 1.165) is 30.3 Å². The van der Waals surface area contributed by atoms with Crippen molar-refractivity contribution in [3.63, 3.8) is 0 Å². The van der Waals surface area contributed by atoms with Gasteiger partial charge in [0.2, 0.25) is 10.0 Å². The Morgan fingerprint density at radius 2 is 1.73 bits per heavy atom. The van der Waals surface area contributed by atoms with E-state index in [0.29, 0.717) is 0 Å². The lowest BCUT2D eigenvalue weighted by Crippen LogP contribution is -2.40. The Morgan fingerprint density at radius 1 is 1.07 bits per heavy atom. The molecule has 30 heavy (non-hydrogen) atoms. The van der Waals surface area contributed by atoms with Crippen molar-refractivity contribution in [1.29, 1.82) is 0 Å². The van der Waals surface area contributed by atoms with Gasteiger partial charge in [0.25, 0.3) is 5.91 Å². The predicted molar refractivity (Wildman–Crippen MR) is 101 cm³/mol. The molecule has 2 aromatic carbocycles. The van der Waals surface area contributed by atoms with Gasteiger partial charge in [-0.1, -0.05) is 0 Å². The van der Waals surface area contributed by atoms with Gasteiger partial charge in [-0.25, -0.2) is 22.0 Å². The molecule has 1 heterocycles. The van der Waals surface area contributed by atoms with Crippen molar-refractivity contribution in [1.82, 2.24) is 4.31 Å². The molecule has 1 N–H and O–H groups in total. The van der Waals surface area contributed by atoms with E-state index < -0.39 is 45.7 Å². The monoisotopic (exact) mass is 440 g/mol. The number of nitrogens with one attached hydrogen (secondary N) is 1. The van der Waals surface area contributed by atoms with E-state index in [1.54, 1.807) is 0 Å². The zero-order chi connectivity index (χ0) is 21.7. The zero-order valence-corrected chi connectivity index (χ0v) is 16.5. The lowest BCUT2D eigenvalue weighted by atomic mass is 10.2. The van der Waals surface area contributed by atoms with Crippen LogP contribution in [0.2, 0.25) is 0 Å². The highest BCUT2D eigenvalue weighted by Gasteiger charge is 2.28. The Hall–Kier alpha value is -2.89. The summed E-state index contributed by atoms with van der Waals surface area (Å²) in [6.07, 6.45) is 0. The summed E-state index contributed by atoms with van der Waals surface area (Å²) in [6, 6.07) is 7.68.